The zero-order valence-electron chi connectivity index (χ0n) is 10.3. The molecule has 0 saturated heterocycles. The van der Waals surface area contributed by atoms with Crippen LogP contribution in [0.5, 0.6) is 0 Å². The molecule has 1 aromatic rings. The molecule has 0 aliphatic heterocycles. The van der Waals surface area contributed by atoms with E-state index in [9.17, 15) is 0 Å². The summed E-state index contributed by atoms with van der Waals surface area (Å²) in [4.78, 5) is 0. The topological polar surface area (TPSA) is 0 Å². The molecule has 0 nitrogen and oxygen atoms in total. The molecule has 17 heavy (non-hydrogen) atoms. The Kier molecular flexibility index (Phi) is 4.37. The molecule has 0 amide bonds. The van der Waals surface area contributed by atoms with Crippen molar-refractivity contribution in [3.05, 3.63) is 72.4 Å². The summed E-state index contributed by atoms with van der Waals surface area (Å²) in [6.07, 6.45) is 13.5. The van der Waals surface area contributed by atoms with Gasteiger partial charge in [-0.2, -0.15) is 0 Å². The van der Waals surface area contributed by atoms with Crippen LogP contribution in [-0.2, 0) is 6.42 Å². The highest BCUT2D eigenvalue weighted by Crippen LogP contribution is 2.37. The third kappa shape index (κ3) is 4.07. The third-order valence-corrected chi connectivity index (χ3v) is 3.13. The fourth-order valence-corrected chi connectivity index (χ4v) is 2.02. The normalized spacial score (nSPS) is 16.4. The Hall–Kier alpha value is -1.56. The van der Waals surface area contributed by atoms with Crippen LogP contribution in [0, 0.1) is 5.92 Å². The van der Waals surface area contributed by atoms with Gasteiger partial charge in [0.15, 0.2) is 0 Å². The first kappa shape index (κ1) is 11.9. The van der Waals surface area contributed by atoms with Gasteiger partial charge >= 0.3 is 0 Å². The van der Waals surface area contributed by atoms with E-state index in [1.54, 1.807) is 0 Å². The van der Waals surface area contributed by atoms with E-state index in [0.717, 1.165) is 18.8 Å². The van der Waals surface area contributed by atoms with Gasteiger partial charge in [-0.15, -0.1) is 0 Å². The first-order valence-electron chi connectivity index (χ1n) is 6.43. The van der Waals surface area contributed by atoms with Crippen LogP contribution in [-0.4, -0.2) is 0 Å². The van der Waals surface area contributed by atoms with Gasteiger partial charge in [-0.25, -0.2) is 0 Å². The molecule has 2 rings (SSSR count). The molecule has 0 radical (unpaired) electrons. The van der Waals surface area contributed by atoms with Crippen LogP contribution in [0.1, 0.15) is 24.8 Å². The Morgan fingerprint density at radius 2 is 2.00 bits per heavy atom. The maximum atomic E-state index is 3.73. The van der Waals surface area contributed by atoms with Crippen molar-refractivity contribution in [1.82, 2.24) is 0 Å². The highest BCUT2D eigenvalue weighted by Gasteiger charge is 2.23. The largest absolute Gasteiger partial charge is 0.0991 e. The van der Waals surface area contributed by atoms with Crippen LogP contribution in [0.25, 0.3) is 0 Å². The first-order chi connectivity index (χ1) is 8.40. The van der Waals surface area contributed by atoms with E-state index >= 15 is 0 Å². The smallest absolute Gasteiger partial charge is 0.0165 e. The number of hydrogen-bond donors (Lipinski definition) is 0. The minimum Gasteiger partial charge on any atom is -0.0991 e. The van der Waals surface area contributed by atoms with Gasteiger partial charge in [-0.3, -0.25) is 0 Å². The van der Waals surface area contributed by atoms with E-state index in [2.05, 4.69) is 49.1 Å². The number of aryl methyl sites for hydroxylation is 1. The van der Waals surface area contributed by atoms with Crippen LogP contribution < -0.4 is 0 Å². The number of allylic oxidation sites excluding steroid dienone is 5. The van der Waals surface area contributed by atoms with Crippen LogP contribution in [0.4, 0.5) is 0 Å². The fourth-order valence-electron chi connectivity index (χ4n) is 2.02. The molecule has 0 aromatic heterocycles. The van der Waals surface area contributed by atoms with Crippen molar-refractivity contribution in [2.75, 3.05) is 0 Å². The Bertz CT molecular complexity index is 405. The predicted octanol–water partition coefficient (Wildman–Crippen LogP) is 4.70. The summed E-state index contributed by atoms with van der Waals surface area (Å²) in [6, 6.07) is 10.7. The Morgan fingerprint density at radius 3 is 2.65 bits per heavy atom. The minimum absolute atomic E-state index is 0.821. The molecule has 0 N–H and O–H groups in total. The fraction of sp³-hybridized carbons (Fsp3) is 0.294. The maximum absolute atomic E-state index is 3.73. The summed E-state index contributed by atoms with van der Waals surface area (Å²) in [5.74, 6) is 0.821. The van der Waals surface area contributed by atoms with Crippen LogP contribution in [0.15, 0.2) is 66.8 Å². The number of benzene rings is 1. The zero-order valence-corrected chi connectivity index (χ0v) is 10.3. The van der Waals surface area contributed by atoms with Crippen molar-refractivity contribution in [2.24, 2.45) is 5.92 Å². The van der Waals surface area contributed by atoms with Gasteiger partial charge in [-0.1, -0.05) is 61.2 Å². The van der Waals surface area contributed by atoms with Crippen molar-refractivity contribution in [3.63, 3.8) is 0 Å². The van der Waals surface area contributed by atoms with Crippen LogP contribution in [0.2, 0.25) is 0 Å². The molecule has 1 aliphatic carbocycles. The molecule has 0 unspecified atom stereocenters. The standard InChI is InChI=1S/C17H20/c1-2-3-11-16(17-13-14-17)12-7-10-15-8-5-4-6-9-15/h2-6,8-9,11-12,17H,1,7,10,13-14H2/b11-3-,16-12+. The molecule has 88 valence electrons. The second kappa shape index (κ2) is 6.24. The summed E-state index contributed by atoms with van der Waals surface area (Å²) in [7, 11) is 0. The lowest BCUT2D eigenvalue weighted by molar-refractivity contribution is 0.958. The summed E-state index contributed by atoms with van der Waals surface area (Å²) in [5, 5.41) is 0. The Labute approximate surface area is 104 Å². The minimum atomic E-state index is 0.821. The Balaban J connectivity index is 1.89. The quantitative estimate of drug-likeness (QED) is 0.614. The van der Waals surface area contributed by atoms with E-state index < -0.39 is 0 Å². The summed E-state index contributed by atoms with van der Waals surface area (Å²) in [6.45, 7) is 3.73. The highest BCUT2D eigenvalue weighted by molar-refractivity contribution is 5.28. The lowest BCUT2D eigenvalue weighted by Crippen LogP contribution is -1.85. The van der Waals surface area contributed by atoms with Gasteiger partial charge in [-0.05, 0) is 42.7 Å². The van der Waals surface area contributed by atoms with Crippen molar-refractivity contribution >= 4 is 0 Å². The van der Waals surface area contributed by atoms with E-state index in [1.807, 2.05) is 12.2 Å². The summed E-state index contributed by atoms with van der Waals surface area (Å²) < 4.78 is 0. The van der Waals surface area contributed by atoms with Gasteiger partial charge in [0.2, 0.25) is 0 Å². The Morgan fingerprint density at radius 1 is 1.24 bits per heavy atom. The first-order valence-corrected chi connectivity index (χ1v) is 6.43. The molecule has 0 heteroatoms. The molecule has 0 atom stereocenters. The zero-order chi connectivity index (χ0) is 11.9. The molecular formula is C17H20. The van der Waals surface area contributed by atoms with Gasteiger partial charge < -0.3 is 0 Å². The highest BCUT2D eigenvalue weighted by atomic mass is 14.3. The van der Waals surface area contributed by atoms with Crippen molar-refractivity contribution in [1.29, 1.82) is 0 Å². The second-order valence-electron chi connectivity index (χ2n) is 4.60. The molecule has 1 aliphatic rings. The molecule has 0 spiro atoms. The number of rotatable bonds is 6. The molecule has 1 fully saturated rings. The van der Waals surface area contributed by atoms with Gasteiger partial charge in [0, 0.05) is 0 Å². The SMILES string of the molecule is C=C/C=C\C(=C/CCc1ccccc1)C1CC1. The lowest BCUT2D eigenvalue weighted by atomic mass is 10.1. The lowest BCUT2D eigenvalue weighted by Gasteiger charge is -2.00. The van der Waals surface area contributed by atoms with Crippen molar-refractivity contribution < 1.29 is 0 Å². The van der Waals surface area contributed by atoms with Gasteiger partial charge in [0.05, 0.1) is 0 Å². The van der Waals surface area contributed by atoms with Gasteiger partial charge in [0.25, 0.3) is 0 Å². The summed E-state index contributed by atoms with van der Waals surface area (Å²) >= 11 is 0. The van der Waals surface area contributed by atoms with E-state index in [4.69, 9.17) is 0 Å². The predicted molar refractivity (Wildman–Crippen MR) is 74.9 cm³/mol. The van der Waals surface area contributed by atoms with E-state index in [-0.39, 0.29) is 0 Å². The third-order valence-electron chi connectivity index (χ3n) is 3.13. The monoisotopic (exact) mass is 224 g/mol. The number of hydrogen-bond acceptors (Lipinski definition) is 0. The van der Waals surface area contributed by atoms with E-state index in [0.29, 0.717) is 0 Å². The van der Waals surface area contributed by atoms with E-state index in [1.165, 1.54) is 24.0 Å². The molecule has 1 aromatic carbocycles. The maximum Gasteiger partial charge on any atom is -0.0165 e. The van der Waals surface area contributed by atoms with Crippen molar-refractivity contribution in [2.45, 2.75) is 25.7 Å². The van der Waals surface area contributed by atoms with Crippen LogP contribution in [0.3, 0.4) is 0 Å². The summed E-state index contributed by atoms with van der Waals surface area (Å²) in [5.41, 5.74) is 2.92. The molecule has 0 bridgehead atoms. The second-order valence-corrected chi connectivity index (χ2v) is 4.60. The van der Waals surface area contributed by atoms with Gasteiger partial charge in [0.1, 0.15) is 0 Å². The molecule has 1 saturated carbocycles. The molecular weight excluding hydrogens is 204 g/mol. The van der Waals surface area contributed by atoms with Crippen molar-refractivity contribution in [3.8, 4) is 0 Å². The van der Waals surface area contributed by atoms with Crippen LogP contribution >= 0.6 is 0 Å². The molecule has 0 heterocycles. The average molecular weight is 224 g/mol. The average Bonchev–Trinajstić information content (AvgIpc) is 3.19.